The van der Waals surface area contributed by atoms with Crippen LogP contribution in [0.2, 0.25) is 0 Å². The van der Waals surface area contributed by atoms with Crippen molar-refractivity contribution in [1.82, 2.24) is 14.8 Å². The summed E-state index contributed by atoms with van der Waals surface area (Å²) in [6.07, 6.45) is 13.5. The molecule has 1 N–H and O–H groups in total. The molecular weight excluding hydrogens is 358 g/mol. The Morgan fingerprint density at radius 3 is 2.31 bits per heavy atom. The molecule has 4 nitrogen and oxygen atoms in total. The molecule has 0 radical (unpaired) electrons. The molecule has 1 atom stereocenters. The molecule has 2 saturated heterocycles. The highest BCUT2D eigenvalue weighted by Crippen LogP contribution is 2.58. The van der Waals surface area contributed by atoms with Crippen molar-refractivity contribution in [2.24, 2.45) is 5.41 Å². The molecule has 29 heavy (non-hydrogen) atoms. The van der Waals surface area contributed by atoms with Crippen LogP contribution in [-0.2, 0) is 6.54 Å². The van der Waals surface area contributed by atoms with Crippen molar-refractivity contribution in [3.63, 3.8) is 0 Å². The Bertz CT molecular complexity index is 793. The Balaban J connectivity index is 1.24. The fraction of sp³-hybridized carbons (Fsp3) is 0.560. The highest BCUT2D eigenvalue weighted by Gasteiger charge is 2.54. The second-order valence-corrected chi connectivity index (χ2v) is 9.45. The molecule has 5 rings (SSSR count). The van der Waals surface area contributed by atoms with Gasteiger partial charge in [0, 0.05) is 43.0 Å². The average molecular weight is 392 g/mol. The first kappa shape index (κ1) is 19.1. The fourth-order valence-corrected chi connectivity index (χ4v) is 6.17. The van der Waals surface area contributed by atoms with E-state index < -0.39 is 0 Å². The van der Waals surface area contributed by atoms with Crippen LogP contribution in [-0.4, -0.2) is 45.6 Å². The van der Waals surface area contributed by atoms with Gasteiger partial charge in [-0.25, -0.2) is 0 Å². The molecule has 3 aliphatic rings. The molecule has 154 valence electrons. The highest BCUT2D eigenvalue weighted by atomic mass is 16.3. The number of hydrogen-bond donors (Lipinski definition) is 1. The van der Waals surface area contributed by atoms with E-state index in [0.29, 0.717) is 23.2 Å². The summed E-state index contributed by atoms with van der Waals surface area (Å²) in [6, 6.07) is 13.5. The van der Waals surface area contributed by atoms with Crippen molar-refractivity contribution in [1.29, 1.82) is 0 Å². The predicted octanol–water partition coefficient (Wildman–Crippen LogP) is 4.76. The molecule has 2 aromatic rings. The van der Waals surface area contributed by atoms with Crippen molar-refractivity contribution < 1.29 is 5.11 Å². The second kappa shape index (κ2) is 8.08. The summed E-state index contributed by atoms with van der Waals surface area (Å²) in [5, 5.41) is 9.49. The maximum absolute atomic E-state index is 9.49. The standard InChI is InChI=1S/C25H33N3O/c29-23-6-4-20(5-7-23)18-27-16-10-22(11-17-27)28-19-25(12-2-1-3-13-25)24(28)21-8-14-26-15-9-21/h4-9,14-15,22,24,29H,1-3,10-13,16-19H2. The van der Waals surface area contributed by atoms with Gasteiger partial charge in [0.15, 0.2) is 0 Å². The largest absolute Gasteiger partial charge is 0.508 e. The number of pyridine rings is 1. The minimum atomic E-state index is 0.351. The number of aromatic hydroxyl groups is 1. The van der Waals surface area contributed by atoms with E-state index in [-0.39, 0.29) is 0 Å². The minimum Gasteiger partial charge on any atom is -0.508 e. The summed E-state index contributed by atoms with van der Waals surface area (Å²) in [7, 11) is 0. The number of aromatic nitrogens is 1. The Morgan fingerprint density at radius 2 is 1.62 bits per heavy atom. The van der Waals surface area contributed by atoms with E-state index >= 15 is 0 Å². The number of piperidine rings is 1. The number of hydrogen-bond acceptors (Lipinski definition) is 4. The van der Waals surface area contributed by atoms with Gasteiger partial charge in [-0.2, -0.15) is 0 Å². The molecule has 0 amide bonds. The van der Waals surface area contributed by atoms with Gasteiger partial charge >= 0.3 is 0 Å². The molecular formula is C25H33N3O. The lowest BCUT2D eigenvalue weighted by Crippen LogP contribution is -2.63. The molecule has 0 bridgehead atoms. The lowest BCUT2D eigenvalue weighted by atomic mass is 9.60. The van der Waals surface area contributed by atoms with Crippen LogP contribution in [0.4, 0.5) is 0 Å². The molecule has 1 spiro atoms. The first-order chi connectivity index (χ1) is 14.2. The van der Waals surface area contributed by atoms with E-state index in [9.17, 15) is 5.11 Å². The van der Waals surface area contributed by atoms with Gasteiger partial charge < -0.3 is 5.11 Å². The molecule has 1 aromatic carbocycles. The zero-order valence-electron chi connectivity index (χ0n) is 17.3. The number of rotatable bonds is 4. The normalized spacial score (nSPS) is 25.7. The van der Waals surface area contributed by atoms with Crippen molar-refractivity contribution in [3.8, 4) is 5.75 Å². The van der Waals surface area contributed by atoms with Gasteiger partial charge in [0.05, 0.1) is 0 Å². The van der Waals surface area contributed by atoms with Gasteiger partial charge in [-0.3, -0.25) is 14.8 Å². The van der Waals surface area contributed by atoms with Crippen molar-refractivity contribution >= 4 is 0 Å². The third-order valence-corrected chi connectivity index (χ3v) is 7.65. The van der Waals surface area contributed by atoms with Gasteiger partial charge in [0.2, 0.25) is 0 Å². The molecule has 3 fully saturated rings. The van der Waals surface area contributed by atoms with Crippen LogP contribution < -0.4 is 0 Å². The fourth-order valence-electron chi connectivity index (χ4n) is 6.17. The summed E-state index contributed by atoms with van der Waals surface area (Å²) in [6.45, 7) is 4.61. The zero-order valence-corrected chi connectivity index (χ0v) is 17.3. The van der Waals surface area contributed by atoms with Gasteiger partial charge in [-0.05, 0) is 74.2 Å². The minimum absolute atomic E-state index is 0.351. The van der Waals surface area contributed by atoms with Crippen LogP contribution >= 0.6 is 0 Å². The lowest BCUT2D eigenvalue weighted by molar-refractivity contribution is -0.133. The molecule has 3 heterocycles. The van der Waals surface area contributed by atoms with E-state index in [4.69, 9.17) is 0 Å². The Morgan fingerprint density at radius 1 is 0.931 bits per heavy atom. The first-order valence-electron chi connectivity index (χ1n) is 11.4. The summed E-state index contributed by atoms with van der Waals surface area (Å²) >= 11 is 0. The smallest absolute Gasteiger partial charge is 0.115 e. The summed E-state index contributed by atoms with van der Waals surface area (Å²) in [5.74, 6) is 0.351. The second-order valence-electron chi connectivity index (χ2n) is 9.45. The lowest BCUT2D eigenvalue weighted by Gasteiger charge is -2.63. The SMILES string of the molecule is Oc1ccc(CN2CCC(N3CC4(CCCCC4)C3c3ccncc3)CC2)cc1. The van der Waals surface area contributed by atoms with Crippen LogP contribution in [0.3, 0.4) is 0 Å². The van der Waals surface area contributed by atoms with E-state index in [1.54, 1.807) is 12.1 Å². The van der Waals surface area contributed by atoms with Crippen LogP contribution in [0.15, 0.2) is 48.8 Å². The Hall–Kier alpha value is -1.91. The number of benzene rings is 1. The van der Waals surface area contributed by atoms with Crippen LogP contribution in [0, 0.1) is 5.41 Å². The van der Waals surface area contributed by atoms with Crippen molar-refractivity contribution in [3.05, 3.63) is 59.9 Å². The molecule has 1 aliphatic carbocycles. The number of phenols is 1. The molecule has 1 saturated carbocycles. The van der Waals surface area contributed by atoms with Crippen molar-refractivity contribution in [2.75, 3.05) is 19.6 Å². The van der Waals surface area contributed by atoms with Crippen LogP contribution in [0.5, 0.6) is 5.75 Å². The van der Waals surface area contributed by atoms with Crippen LogP contribution in [0.25, 0.3) is 0 Å². The zero-order chi connectivity index (χ0) is 19.7. The van der Waals surface area contributed by atoms with Gasteiger partial charge in [0.1, 0.15) is 5.75 Å². The number of nitrogens with zero attached hydrogens (tertiary/aromatic N) is 3. The summed E-state index contributed by atoms with van der Waals surface area (Å²) < 4.78 is 0. The monoisotopic (exact) mass is 391 g/mol. The van der Waals surface area contributed by atoms with E-state index in [1.165, 1.54) is 62.6 Å². The van der Waals surface area contributed by atoms with E-state index in [1.807, 2.05) is 24.5 Å². The third-order valence-electron chi connectivity index (χ3n) is 7.65. The molecule has 1 aromatic heterocycles. The molecule has 2 aliphatic heterocycles. The average Bonchev–Trinajstić information content (AvgIpc) is 2.76. The Labute approximate surface area is 174 Å². The predicted molar refractivity (Wildman–Crippen MR) is 116 cm³/mol. The summed E-state index contributed by atoms with van der Waals surface area (Å²) in [5.41, 5.74) is 3.30. The topological polar surface area (TPSA) is 39.6 Å². The highest BCUT2D eigenvalue weighted by molar-refractivity contribution is 5.26. The molecule has 4 heteroatoms. The molecule has 1 unspecified atom stereocenters. The van der Waals surface area contributed by atoms with Gasteiger partial charge in [0.25, 0.3) is 0 Å². The van der Waals surface area contributed by atoms with E-state index in [0.717, 1.165) is 19.6 Å². The van der Waals surface area contributed by atoms with Gasteiger partial charge in [-0.1, -0.05) is 31.4 Å². The van der Waals surface area contributed by atoms with Crippen molar-refractivity contribution in [2.45, 2.75) is 63.6 Å². The van der Waals surface area contributed by atoms with E-state index in [2.05, 4.69) is 26.9 Å². The van der Waals surface area contributed by atoms with Gasteiger partial charge in [-0.15, -0.1) is 0 Å². The number of likely N-dealkylation sites (tertiary alicyclic amines) is 2. The maximum Gasteiger partial charge on any atom is 0.115 e. The summed E-state index contributed by atoms with van der Waals surface area (Å²) in [4.78, 5) is 9.67. The number of phenolic OH excluding ortho intramolecular Hbond substituents is 1. The maximum atomic E-state index is 9.49. The third kappa shape index (κ3) is 3.80. The first-order valence-corrected chi connectivity index (χ1v) is 11.4. The Kier molecular flexibility index (Phi) is 5.31. The quantitative estimate of drug-likeness (QED) is 0.816. The van der Waals surface area contributed by atoms with Crippen LogP contribution in [0.1, 0.15) is 62.1 Å².